The summed E-state index contributed by atoms with van der Waals surface area (Å²) >= 11 is 0. The van der Waals surface area contributed by atoms with Crippen LogP contribution in [-0.2, 0) is 28.5 Å². The zero-order valence-corrected chi connectivity index (χ0v) is 29.3. The summed E-state index contributed by atoms with van der Waals surface area (Å²) < 4.78 is 30.2. The molecular formula is C37H46O15. The molecule has 4 fully saturated rings. The fourth-order valence-electron chi connectivity index (χ4n) is 8.65. The first-order valence-corrected chi connectivity index (χ1v) is 17.8. The van der Waals surface area contributed by atoms with Crippen molar-refractivity contribution in [1.82, 2.24) is 0 Å². The van der Waals surface area contributed by atoms with E-state index in [4.69, 9.17) is 23.7 Å². The van der Waals surface area contributed by atoms with Crippen LogP contribution < -0.4 is 0 Å². The summed E-state index contributed by atoms with van der Waals surface area (Å²) in [5, 5.41) is 76.3. The Morgan fingerprint density at radius 2 is 1.48 bits per heavy atom. The zero-order valence-electron chi connectivity index (χ0n) is 29.3. The van der Waals surface area contributed by atoms with E-state index < -0.39 is 120 Å². The van der Waals surface area contributed by atoms with E-state index in [0.717, 1.165) is 12.2 Å². The van der Waals surface area contributed by atoms with E-state index in [2.05, 4.69) is 0 Å². The van der Waals surface area contributed by atoms with Crippen molar-refractivity contribution in [3.8, 4) is 5.75 Å². The van der Waals surface area contributed by atoms with Gasteiger partial charge in [-0.25, -0.2) is 0 Å². The summed E-state index contributed by atoms with van der Waals surface area (Å²) in [6.07, 6.45) is -6.22. The topological polar surface area (TPSA) is 239 Å². The van der Waals surface area contributed by atoms with E-state index in [1.807, 2.05) is 6.92 Å². The molecule has 1 saturated carbocycles. The second-order valence-corrected chi connectivity index (χ2v) is 15.4. The molecule has 0 aromatic heterocycles. The summed E-state index contributed by atoms with van der Waals surface area (Å²) in [6, 6.07) is 2.68. The summed E-state index contributed by atoms with van der Waals surface area (Å²) in [7, 11) is 0. The van der Waals surface area contributed by atoms with E-state index in [1.54, 1.807) is 13.8 Å². The third kappa shape index (κ3) is 6.00. The van der Waals surface area contributed by atoms with Gasteiger partial charge in [-0.05, 0) is 46.3 Å². The molecule has 3 heterocycles. The Hall–Kier alpha value is -2.93. The van der Waals surface area contributed by atoms with Gasteiger partial charge < -0.3 is 59.4 Å². The third-order valence-corrected chi connectivity index (χ3v) is 11.5. The van der Waals surface area contributed by atoms with Crippen LogP contribution in [0.4, 0.5) is 0 Å². The van der Waals surface area contributed by atoms with Gasteiger partial charge in [0.05, 0.1) is 59.5 Å². The van der Waals surface area contributed by atoms with Crippen molar-refractivity contribution in [3.63, 3.8) is 0 Å². The minimum absolute atomic E-state index is 0.0389. The SMILES string of the molecule is C[C@@H]1O[C@@H](O[C@@H]2CC(c3ccc4c(c3O)C(=O)C3=C(C4=O)[C@@]4(O)C(=O)C[C@](C)(O)C[C@@]4(O)C=C3)O[C@H](C)[C@H]2O)CC[C@@H]1O[C@H]1C[C@@H](O)[C@H](O)[C@@H](C)O1. The van der Waals surface area contributed by atoms with Crippen LogP contribution in [-0.4, -0.2) is 131 Å². The molecule has 1 unspecified atom stereocenters. The number of fused-ring (bicyclic) bond motifs is 3. The molecule has 0 amide bonds. The highest BCUT2D eigenvalue weighted by atomic mass is 16.7. The Balaban J connectivity index is 1.07. The van der Waals surface area contributed by atoms with Crippen molar-refractivity contribution in [1.29, 1.82) is 0 Å². The Morgan fingerprint density at radius 3 is 2.17 bits per heavy atom. The first kappa shape index (κ1) is 37.4. The molecular weight excluding hydrogens is 684 g/mol. The van der Waals surface area contributed by atoms with Crippen LogP contribution in [0, 0.1) is 0 Å². The molecule has 0 spiro atoms. The van der Waals surface area contributed by atoms with Crippen LogP contribution in [0.25, 0.3) is 0 Å². The number of ether oxygens (including phenoxy) is 5. The van der Waals surface area contributed by atoms with Crippen molar-refractivity contribution in [2.75, 3.05) is 0 Å². The van der Waals surface area contributed by atoms with Crippen molar-refractivity contribution in [2.45, 2.75) is 151 Å². The number of carbonyl (C=O) groups excluding carboxylic acids is 3. The molecule has 7 N–H and O–H groups in total. The normalized spacial score (nSPS) is 45.0. The molecule has 3 saturated heterocycles. The average Bonchev–Trinajstić information content (AvgIpc) is 3.06. The number of aliphatic hydroxyl groups is 6. The number of hydrogen-bond acceptors (Lipinski definition) is 15. The molecule has 1 aromatic rings. The van der Waals surface area contributed by atoms with E-state index in [-0.39, 0.29) is 41.2 Å². The number of aliphatic hydroxyl groups excluding tert-OH is 3. The maximum Gasteiger partial charge on any atom is 0.198 e. The number of allylic oxidation sites excluding steroid dienone is 2. The highest BCUT2D eigenvalue weighted by molar-refractivity contribution is 6.32. The molecule has 3 aliphatic carbocycles. The number of benzene rings is 1. The molecule has 15 nitrogen and oxygen atoms in total. The molecule has 0 radical (unpaired) electrons. The largest absolute Gasteiger partial charge is 0.507 e. The maximum atomic E-state index is 13.9. The van der Waals surface area contributed by atoms with Gasteiger partial charge in [0.1, 0.15) is 23.6 Å². The number of hydrogen-bond donors (Lipinski definition) is 7. The lowest BCUT2D eigenvalue weighted by molar-refractivity contribution is -0.306. The van der Waals surface area contributed by atoms with Gasteiger partial charge in [-0.1, -0.05) is 12.1 Å². The number of aromatic hydroxyl groups is 1. The van der Waals surface area contributed by atoms with Gasteiger partial charge in [-0.3, -0.25) is 14.4 Å². The van der Waals surface area contributed by atoms with E-state index in [1.165, 1.54) is 19.1 Å². The second-order valence-electron chi connectivity index (χ2n) is 15.4. The standard InChI is InChI=1S/C37H46O15/c1-15-22(51-27-11-21(38)30(40)16(2)50-27)7-8-26(49-15)52-24-12-23(48-17(3)31(24)41)18-5-6-19-28(32(18)42)33(43)20-9-10-36(46)14-35(4,45)13-25(39)37(36,47)29(20)34(19)44/h5-6,9-10,15-17,21-24,26-27,30-31,38,40-42,45-47H,7-8,11-14H2,1-4H3/t15-,16+,17+,21+,22-,23?,24+,26-,27-,30+,31+,35-,36-,37-/m0/s1. The molecule has 52 heavy (non-hydrogen) atoms. The molecule has 15 heteroatoms. The summed E-state index contributed by atoms with van der Waals surface area (Å²) in [6.45, 7) is 6.42. The molecule has 14 atom stereocenters. The summed E-state index contributed by atoms with van der Waals surface area (Å²) in [4.78, 5) is 41.1. The fourth-order valence-corrected chi connectivity index (χ4v) is 8.65. The van der Waals surface area contributed by atoms with E-state index in [0.29, 0.717) is 12.8 Å². The van der Waals surface area contributed by atoms with E-state index >= 15 is 0 Å². The highest BCUT2D eigenvalue weighted by Gasteiger charge is 2.66. The Labute approximate surface area is 299 Å². The van der Waals surface area contributed by atoms with Gasteiger partial charge in [0, 0.05) is 48.8 Å². The van der Waals surface area contributed by atoms with Gasteiger partial charge in [0.25, 0.3) is 0 Å². The number of carbonyl (C=O) groups is 3. The Bertz CT molecular complexity index is 1710. The number of rotatable bonds is 5. The molecule has 0 bridgehead atoms. The van der Waals surface area contributed by atoms with Gasteiger partial charge in [0.15, 0.2) is 35.5 Å². The maximum absolute atomic E-state index is 13.9. The third-order valence-electron chi connectivity index (χ3n) is 11.5. The monoisotopic (exact) mass is 730 g/mol. The minimum Gasteiger partial charge on any atom is -0.507 e. The molecule has 7 rings (SSSR count). The first-order chi connectivity index (χ1) is 24.3. The first-order valence-electron chi connectivity index (χ1n) is 17.8. The molecule has 1 aromatic carbocycles. The van der Waals surface area contributed by atoms with Gasteiger partial charge in [0.2, 0.25) is 0 Å². The fraction of sp³-hybridized carbons (Fsp3) is 0.649. The van der Waals surface area contributed by atoms with Crippen LogP contribution in [0.2, 0.25) is 0 Å². The van der Waals surface area contributed by atoms with Crippen LogP contribution in [0.15, 0.2) is 35.4 Å². The van der Waals surface area contributed by atoms with Crippen LogP contribution in [0.3, 0.4) is 0 Å². The number of phenols is 1. The van der Waals surface area contributed by atoms with Gasteiger partial charge in [-0.15, -0.1) is 0 Å². The minimum atomic E-state index is -2.79. The second kappa shape index (κ2) is 13.1. The number of ketones is 3. The summed E-state index contributed by atoms with van der Waals surface area (Å²) in [5.74, 6) is -3.34. The predicted molar refractivity (Wildman–Crippen MR) is 176 cm³/mol. The van der Waals surface area contributed by atoms with Crippen molar-refractivity contribution < 1.29 is 73.8 Å². The lowest BCUT2D eigenvalue weighted by Gasteiger charge is -2.51. The number of Topliss-reactive ketones (excluding diaryl/α,β-unsaturated/α-hetero) is 3. The van der Waals surface area contributed by atoms with Crippen LogP contribution >= 0.6 is 0 Å². The highest BCUT2D eigenvalue weighted by Crippen LogP contribution is 2.52. The lowest BCUT2D eigenvalue weighted by atomic mass is 9.57. The van der Waals surface area contributed by atoms with Crippen molar-refractivity contribution in [2.24, 2.45) is 0 Å². The van der Waals surface area contributed by atoms with Gasteiger partial charge in [-0.2, -0.15) is 0 Å². The predicted octanol–water partition coefficient (Wildman–Crippen LogP) is 0.577. The molecule has 284 valence electrons. The van der Waals surface area contributed by atoms with Crippen molar-refractivity contribution in [3.05, 3.63) is 52.1 Å². The van der Waals surface area contributed by atoms with Gasteiger partial charge >= 0.3 is 0 Å². The smallest absolute Gasteiger partial charge is 0.198 e. The lowest BCUT2D eigenvalue weighted by Crippen LogP contribution is -2.69. The number of phenolic OH excluding ortho intramolecular Hbond substituents is 1. The quantitative estimate of drug-likeness (QED) is 0.219. The molecule has 3 aliphatic heterocycles. The average molecular weight is 731 g/mol. The zero-order chi connectivity index (χ0) is 37.7. The Kier molecular flexibility index (Phi) is 9.44. The summed E-state index contributed by atoms with van der Waals surface area (Å²) in [5.41, 5.74) is -8.26. The van der Waals surface area contributed by atoms with Crippen LogP contribution in [0.5, 0.6) is 5.75 Å². The van der Waals surface area contributed by atoms with Crippen molar-refractivity contribution >= 4 is 17.3 Å². The Morgan fingerprint density at radius 1 is 0.808 bits per heavy atom. The van der Waals surface area contributed by atoms with E-state index in [9.17, 15) is 50.1 Å². The van der Waals surface area contributed by atoms with Crippen LogP contribution in [0.1, 0.15) is 98.6 Å². The molecule has 6 aliphatic rings.